The standard InChI is InChI=1S/C19H17N7O2/c1-12(24-28-15-10-27-11-15)17-8-21-18-19(22-17)26(25-23-18)9-13-4-5-16-14(7-13)3-2-6-20-16/h2-8,15H,9-11H2,1H3/b24-12-. The van der Waals surface area contributed by atoms with Gasteiger partial charge in [-0.25, -0.2) is 14.6 Å². The second-order valence-electron chi connectivity index (χ2n) is 6.62. The van der Waals surface area contributed by atoms with E-state index < -0.39 is 0 Å². The van der Waals surface area contributed by atoms with Gasteiger partial charge in [0.15, 0.2) is 11.8 Å². The first-order valence-corrected chi connectivity index (χ1v) is 8.95. The number of hydrogen-bond donors (Lipinski definition) is 0. The first kappa shape index (κ1) is 16.7. The summed E-state index contributed by atoms with van der Waals surface area (Å²) in [7, 11) is 0. The topological polar surface area (TPSA) is 100 Å². The fourth-order valence-corrected chi connectivity index (χ4v) is 2.91. The summed E-state index contributed by atoms with van der Waals surface area (Å²) in [6, 6.07) is 10.1. The Morgan fingerprint density at radius 2 is 2.21 bits per heavy atom. The summed E-state index contributed by atoms with van der Waals surface area (Å²) in [5, 5.41) is 13.5. The molecule has 9 heteroatoms. The van der Waals surface area contributed by atoms with Crippen molar-refractivity contribution in [1.82, 2.24) is 29.9 Å². The molecule has 9 nitrogen and oxygen atoms in total. The Kier molecular flexibility index (Phi) is 4.13. The summed E-state index contributed by atoms with van der Waals surface area (Å²) in [6.07, 6.45) is 3.43. The molecule has 0 atom stereocenters. The highest BCUT2D eigenvalue weighted by molar-refractivity contribution is 5.97. The second kappa shape index (κ2) is 6.93. The molecule has 4 aromatic rings. The Morgan fingerprint density at radius 3 is 3.07 bits per heavy atom. The van der Waals surface area contributed by atoms with Gasteiger partial charge in [0.05, 0.1) is 31.5 Å². The predicted octanol–water partition coefficient (Wildman–Crippen LogP) is 1.96. The fourth-order valence-electron chi connectivity index (χ4n) is 2.91. The van der Waals surface area contributed by atoms with E-state index in [1.54, 1.807) is 17.1 Å². The van der Waals surface area contributed by atoms with Crippen molar-refractivity contribution in [3.8, 4) is 0 Å². The molecule has 140 valence electrons. The lowest BCUT2D eigenvalue weighted by atomic mass is 10.1. The molecule has 0 saturated carbocycles. The van der Waals surface area contributed by atoms with Crippen LogP contribution in [0.15, 0.2) is 47.9 Å². The lowest BCUT2D eigenvalue weighted by Crippen LogP contribution is -2.34. The van der Waals surface area contributed by atoms with Gasteiger partial charge in [-0.05, 0) is 30.7 Å². The molecular formula is C19H17N7O2. The Bertz CT molecular complexity index is 1180. The van der Waals surface area contributed by atoms with E-state index in [2.05, 4.69) is 36.5 Å². The third-order valence-electron chi connectivity index (χ3n) is 4.54. The van der Waals surface area contributed by atoms with E-state index in [1.807, 2.05) is 31.2 Å². The van der Waals surface area contributed by atoms with E-state index in [0.717, 1.165) is 16.5 Å². The van der Waals surface area contributed by atoms with Crippen molar-refractivity contribution < 1.29 is 9.57 Å². The molecule has 0 N–H and O–H groups in total. The largest absolute Gasteiger partial charge is 0.387 e. The lowest BCUT2D eigenvalue weighted by molar-refractivity contribution is -0.128. The minimum atomic E-state index is 0.0150. The highest BCUT2D eigenvalue weighted by Crippen LogP contribution is 2.16. The Morgan fingerprint density at radius 1 is 1.29 bits per heavy atom. The Hall–Kier alpha value is -3.46. The average molecular weight is 375 g/mol. The van der Waals surface area contributed by atoms with Crippen LogP contribution in [-0.2, 0) is 16.1 Å². The number of nitrogens with zero attached hydrogens (tertiary/aromatic N) is 7. The monoisotopic (exact) mass is 375 g/mol. The maximum absolute atomic E-state index is 5.41. The number of hydrogen-bond acceptors (Lipinski definition) is 8. The molecule has 1 aliphatic rings. The quantitative estimate of drug-likeness (QED) is 0.388. The Balaban J connectivity index is 1.43. The van der Waals surface area contributed by atoms with Crippen molar-refractivity contribution in [2.75, 3.05) is 13.2 Å². The maximum Gasteiger partial charge on any atom is 0.221 e. The van der Waals surface area contributed by atoms with Gasteiger partial charge in [0.25, 0.3) is 0 Å². The highest BCUT2D eigenvalue weighted by atomic mass is 16.7. The zero-order valence-corrected chi connectivity index (χ0v) is 15.2. The first-order valence-electron chi connectivity index (χ1n) is 8.95. The third-order valence-corrected chi connectivity index (χ3v) is 4.54. The molecule has 1 aromatic carbocycles. The molecule has 0 bridgehead atoms. The van der Waals surface area contributed by atoms with Gasteiger partial charge in [0.1, 0.15) is 11.4 Å². The van der Waals surface area contributed by atoms with Gasteiger partial charge in [-0.3, -0.25) is 4.98 Å². The zero-order valence-electron chi connectivity index (χ0n) is 15.2. The average Bonchev–Trinajstić information content (AvgIpc) is 3.08. The van der Waals surface area contributed by atoms with Crippen molar-refractivity contribution in [3.63, 3.8) is 0 Å². The first-order chi connectivity index (χ1) is 13.8. The minimum absolute atomic E-state index is 0.0150. The molecule has 0 amide bonds. The van der Waals surface area contributed by atoms with Crippen LogP contribution < -0.4 is 0 Å². The van der Waals surface area contributed by atoms with Crippen LogP contribution in [-0.4, -0.2) is 55.0 Å². The minimum Gasteiger partial charge on any atom is -0.387 e. The number of ether oxygens (including phenoxy) is 1. The molecule has 28 heavy (non-hydrogen) atoms. The number of rotatable bonds is 5. The van der Waals surface area contributed by atoms with Crippen LogP contribution in [0.2, 0.25) is 0 Å². The van der Waals surface area contributed by atoms with Gasteiger partial charge < -0.3 is 9.57 Å². The summed E-state index contributed by atoms with van der Waals surface area (Å²) in [5.41, 5.74) is 4.40. The lowest BCUT2D eigenvalue weighted by Gasteiger charge is -2.23. The molecule has 1 saturated heterocycles. The van der Waals surface area contributed by atoms with Gasteiger partial charge in [0.2, 0.25) is 5.65 Å². The fraction of sp³-hybridized carbons (Fsp3) is 0.263. The SMILES string of the molecule is C/C(=N/OC1COC1)c1cnc2nnn(Cc3ccc4ncccc4c3)c2n1. The van der Waals surface area contributed by atoms with Gasteiger partial charge in [0, 0.05) is 11.6 Å². The van der Waals surface area contributed by atoms with Crippen molar-refractivity contribution in [2.45, 2.75) is 19.6 Å². The van der Waals surface area contributed by atoms with Crippen molar-refractivity contribution in [3.05, 3.63) is 54.0 Å². The van der Waals surface area contributed by atoms with E-state index >= 15 is 0 Å². The van der Waals surface area contributed by atoms with Crippen LogP contribution in [0.3, 0.4) is 0 Å². The molecule has 0 spiro atoms. The smallest absolute Gasteiger partial charge is 0.221 e. The van der Waals surface area contributed by atoms with E-state index in [9.17, 15) is 0 Å². The summed E-state index contributed by atoms with van der Waals surface area (Å²) in [6.45, 7) is 3.50. The molecule has 0 unspecified atom stereocenters. The third kappa shape index (κ3) is 3.16. The molecule has 0 aliphatic carbocycles. The highest BCUT2D eigenvalue weighted by Gasteiger charge is 2.20. The van der Waals surface area contributed by atoms with E-state index in [0.29, 0.717) is 42.5 Å². The number of fused-ring (bicyclic) bond motifs is 2. The van der Waals surface area contributed by atoms with Gasteiger partial charge in [-0.2, -0.15) is 0 Å². The van der Waals surface area contributed by atoms with Crippen molar-refractivity contribution in [2.24, 2.45) is 5.16 Å². The molecule has 4 heterocycles. The van der Waals surface area contributed by atoms with E-state index in [-0.39, 0.29) is 6.10 Å². The van der Waals surface area contributed by atoms with E-state index in [1.165, 1.54) is 0 Å². The summed E-state index contributed by atoms with van der Waals surface area (Å²) in [4.78, 5) is 18.7. The maximum atomic E-state index is 5.41. The normalized spacial score (nSPS) is 15.1. The van der Waals surface area contributed by atoms with Crippen LogP contribution in [0.25, 0.3) is 22.2 Å². The number of benzene rings is 1. The summed E-state index contributed by atoms with van der Waals surface area (Å²) >= 11 is 0. The molecule has 1 fully saturated rings. The van der Waals surface area contributed by atoms with Gasteiger partial charge >= 0.3 is 0 Å². The summed E-state index contributed by atoms with van der Waals surface area (Å²) < 4.78 is 6.81. The van der Waals surface area contributed by atoms with Crippen LogP contribution in [0.4, 0.5) is 0 Å². The van der Waals surface area contributed by atoms with Gasteiger partial charge in [-0.15, -0.1) is 5.10 Å². The van der Waals surface area contributed by atoms with Crippen molar-refractivity contribution >= 4 is 27.9 Å². The molecule has 0 radical (unpaired) electrons. The second-order valence-corrected chi connectivity index (χ2v) is 6.62. The van der Waals surface area contributed by atoms with Crippen LogP contribution >= 0.6 is 0 Å². The van der Waals surface area contributed by atoms with Crippen LogP contribution in [0.1, 0.15) is 18.2 Å². The van der Waals surface area contributed by atoms with Gasteiger partial charge in [-0.1, -0.05) is 22.5 Å². The summed E-state index contributed by atoms with van der Waals surface area (Å²) in [5.74, 6) is 0. The number of oxime groups is 1. The predicted molar refractivity (Wildman–Crippen MR) is 102 cm³/mol. The van der Waals surface area contributed by atoms with Crippen LogP contribution in [0, 0.1) is 0 Å². The Labute approximate surface area is 160 Å². The molecule has 1 aliphatic heterocycles. The molecule has 3 aromatic heterocycles. The number of aromatic nitrogens is 6. The zero-order chi connectivity index (χ0) is 18.9. The van der Waals surface area contributed by atoms with Crippen LogP contribution in [0.5, 0.6) is 0 Å². The molecular weight excluding hydrogens is 358 g/mol. The number of pyridine rings is 1. The van der Waals surface area contributed by atoms with Crippen molar-refractivity contribution in [1.29, 1.82) is 0 Å². The van der Waals surface area contributed by atoms with E-state index in [4.69, 9.17) is 9.57 Å². The molecule has 5 rings (SSSR count).